The van der Waals surface area contributed by atoms with Crippen LogP contribution in [0, 0.1) is 13.8 Å². The van der Waals surface area contributed by atoms with Crippen molar-refractivity contribution in [3.63, 3.8) is 0 Å². The molecule has 5 nitrogen and oxygen atoms in total. The van der Waals surface area contributed by atoms with E-state index in [0.29, 0.717) is 18.1 Å². The fourth-order valence-electron chi connectivity index (χ4n) is 2.46. The first-order valence-corrected chi connectivity index (χ1v) is 8.00. The van der Waals surface area contributed by atoms with Gasteiger partial charge in [-0.05, 0) is 49.2 Å². The van der Waals surface area contributed by atoms with Gasteiger partial charge in [-0.25, -0.2) is 4.98 Å². The van der Waals surface area contributed by atoms with Crippen LogP contribution in [-0.4, -0.2) is 22.5 Å². The van der Waals surface area contributed by atoms with Crippen molar-refractivity contribution < 1.29 is 9.53 Å². The van der Waals surface area contributed by atoms with Gasteiger partial charge in [-0.1, -0.05) is 23.7 Å². The third kappa shape index (κ3) is 3.68. The van der Waals surface area contributed by atoms with Crippen LogP contribution in [0.2, 0.25) is 5.02 Å². The van der Waals surface area contributed by atoms with Gasteiger partial charge >= 0.3 is 0 Å². The number of halogens is 1. The Kier molecular flexibility index (Phi) is 4.71. The second-order valence-corrected chi connectivity index (χ2v) is 6.02. The molecule has 2 aromatic carbocycles. The third-order valence-electron chi connectivity index (χ3n) is 3.67. The molecule has 1 amide bonds. The number of fused-ring (bicyclic) bond motifs is 1. The summed E-state index contributed by atoms with van der Waals surface area (Å²) in [6.45, 7) is 4.09. The number of nitrogens with one attached hydrogen (secondary N) is 2. The van der Waals surface area contributed by atoms with E-state index in [4.69, 9.17) is 16.3 Å². The van der Waals surface area contributed by atoms with Crippen molar-refractivity contribution in [1.82, 2.24) is 15.3 Å². The lowest BCUT2D eigenvalue weighted by molar-refractivity contribution is -0.123. The molecule has 124 valence electrons. The summed E-state index contributed by atoms with van der Waals surface area (Å²) >= 11 is 6.12. The van der Waals surface area contributed by atoms with E-state index >= 15 is 0 Å². The monoisotopic (exact) mass is 343 g/mol. The van der Waals surface area contributed by atoms with Crippen LogP contribution in [-0.2, 0) is 11.3 Å². The second-order valence-electron chi connectivity index (χ2n) is 5.64. The van der Waals surface area contributed by atoms with Gasteiger partial charge in [0.2, 0.25) is 0 Å². The molecule has 0 radical (unpaired) electrons. The molecule has 6 heteroatoms. The summed E-state index contributed by atoms with van der Waals surface area (Å²) in [5, 5.41) is 3.51. The number of para-hydroxylation sites is 2. The molecule has 0 unspecified atom stereocenters. The number of nitrogens with zero attached hydrogens (tertiary/aromatic N) is 1. The molecular weight excluding hydrogens is 326 g/mol. The molecule has 1 aromatic heterocycles. The molecule has 0 aliphatic heterocycles. The Bertz CT molecular complexity index is 833. The molecule has 0 aliphatic carbocycles. The van der Waals surface area contributed by atoms with E-state index in [2.05, 4.69) is 15.3 Å². The SMILES string of the molecule is Cc1cc(OCC(=O)NCc2nc3ccccc3[nH]2)cc(C)c1Cl. The van der Waals surface area contributed by atoms with Crippen molar-refractivity contribution in [2.45, 2.75) is 20.4 Å². The van der Waals surface area contributed by atoms with Crippen molar-refractivity contribution in [2.75, 3.05) is 6.61 Å². The lowest BCUT2D eigenvalue weighted by atomic mass is 10.1. The summed E-state index contributed by atoms with van der Waals surface area (Å²) < 4.78 is 5.53. The average Bonchev–Trinajstić information content (AvgIpc) is 2.98. The highest BCUT2D eigenvalue weighted by Crippen LogP contribution is 2.25. The topological polar surface area (TPSA) is 67.0 Å². The predicted molar refractivity (Wildman–Crippen MR) is 94.4 cm³/mol. The number of rotatable bonds is 5. The fraction of sp³-hybridized carbons (Fsp3) is 0.222. The molecule has 0 aliphatic rings. The number of aromatic nitrogens is 2. The standard InChI is InChI=1S/C18H18ClN3O2/c1-11-7-13(8-12(2)18(11)19)24-10-17(23)20-9-16-21-14-5-3-4-6-15(14)22-16/h3-8H,9-10H2,1-2H3,(H,20,23)(H,21,22). The smallest absolute Gasteiger partial charge is 0.258 e. The fourth-order valence-corrected chi connectivity index (χ4v) is 2.57. The number of amides is 1. The maximum atomic E-state index is 11.9. The Morgan fingerprint density at radius 3 is 2.67 bits per heavy atom. The van der Waals surface area contributed by atoms with Crippen LogP contribution in [0.1, 0.15) is 17.0 Å². The van der Waals surface area contributed by atoms with Gasteiger partial charge in [-0.2, -0.15) is 0 Å². The number of aromatic amines is 1. The largest absolute Gasteiger partial charge is 0.484 e. The Balaban J connectivity index is 1.54. The number of benzene rings is 2. The van der Waals surface area contributed by atoms with Crippen LogP contribution in [0.4, 0.5) is 0 Å². The van der Waals surface area contributed by atoms with Crippen LogP contribution in [0.25, 0.3) is 11.0 Å². The number of carbonyl (C=O) groups excluding carboxylic acids is 1. The Morgan fingerprint density at radius 1 is 1.25 bits per heavy atom. The molecule has 0 saturated carbocycles. The minimum Gasteiger partial charge on any atom is -0.484 e. The van der Waals surface area contributed by atoms with Gasteiger partial charge in [0.1, 0.15) is 11.6 Å². The maximum absolute atomic E-state index is 11.9. The van der Waals surface area contributed by atoms with Gasteiger partial charge in [0.15, 0.2) is 6.61 Å². The van der Waals surface area contributed by atoms with Gasteiger partial charge in [0.05, 0.1) is 17.6 Å². The zero-order valence-corrected chi connectivity index (χ0v) is 14.3. The number of hydrogen-bond acceptors (Lipinski definition) is 3. The van der Waals surface area contributed by atoms with Crippen LogP contribution >= 0.6 is 11.6 Å². The van der Waals surface area contributed by atoms with E-state index in [-0.39, 0.29) is 12.5 Å². The molecule has 3 aromatic rings. The van der Waals surface area contributed by atoms with Gasteiger partial charge < -0.3 is 15.0 Å². The lowest BCUT2D eigenvalue weighted by Crippen LogP contribution is -2.28. The van der Waals surface area contributed by atoms with E-state index in [1.165, 1.54) is 0 Å². The van der Waals surface area contributed by atoms with E-state index in [1.807, 2.05) is 50.2 Å². The molecule has 0 saturated heterocycles. The van der Waals surface area contributed by atoms with Crippen LogP contribution < -0.4 is 10.1 Å². The van der Waals surface area contributed by atoms with Crippen LogP contribution in [0.5, 0.6) is 5.75 Å². The summed E-state index contributed by atoms with van der Waals surface area (Å²) in [4.78, 5) is 19.5. The predicted octanol–water partition coefficient (Wildman–Crippen LogP) is 3.53. The first-order chi connectivity index (χ1) is 11.5. The number of carbonyl (C=O) groups is 1. The molecule has 1 heterocycles. The molecule has 3 rings (SSSR count). The lowest BCUT2D eigenvalue weighted by Gasteiger charge is -2.10. The third-order valence-corrected chi connectivity index (χ3v) is 4.27. The highest BCUT2D eigenvalue weighted by molar-refractivity contribution is 6.32. The second kappa shape index (κ2) is 6.93. The van der Waals surface area contributed by atoms with E-state index in [0.717, 1.165) is 27.2 Å². The number of hydrogen-bond donors (Lipinski definition) is 2. The van der Waals surface area contributed by atoms with E-state index in [1.54, 1.807) is 0 Å². The number of aryl methyl sites for hydroxylation is 2. The number of H-pyrrole nitrogens is 1. The Morgan fingerprint density at radius 2 is 1.96 bits per heavy atom. The maximum Gasteiger partial charge on any atom is 0.258 e. The van der Waals surface area contributed by atoms with Crippen molar-refractivity contribution >= 4 is 28.5 Å². The van der Waals surface area contributed by atoms with Crippen molar-refractivity contribution in [3.05, 3.63) is 58.4 Å². The summed E-state index contributed by atoms with van der Waals surface area (Å²) in [5.74, 6) is 1.14. The zero-order valence-electron chi connectivity index (χ0n) is 13.5. The van der Waals surface area contributed by atoms with Crippen LogP contribution in [0.15, 0.2) is 36.4 Å². The molecule has 0 fully saturated rings. The van der Waals surface area contributed by atoms with Crippen molar-refractivity contribution in [2.24, 2.45) is 0 Å². The van der Waals surface area contributed by atoms with Gasteiger partial charge in [-0.15, -0.1) is 0 Å². The molecule has 0 spiro atoms. The summed E-state index contributed by atoms with van der Waals surface area (Å²) in [7, 11) is 0. The minimum atomic E-state index is -0.208. The highest BCUT2D eigenvalue weighted by atomic mass is 35.5. The van der Waals surface area contributed by atoms with Gasteiger partial charge in [-0.3, -0.25) is 4.79 Å². The Hall–Kier alpha value is -2.53. The zero-order chi connectivity index (χ0) is 17.1. The van der Waals surface area contributed by atoms with Crippen molar-refractivity contribution in [3.8, 4) is 5.75 Å². The van der Waals surface area contributed by atoms with Crippen LogP contribution in [0.3, 0.4) is 0 Å². The summed E-state index contributed by atoms with van der Waals surface area (Å²) in [6.07, 6.45) is 0. The normalized spacial score (nSPS) is 10.8. The van der Waals surface area contributed by atoms with Gasteiger partial charge in [0.25, 0.3) is 5.91 Å². The molecule has 2 N–H and O–H groups in total. The molecular formula is C18H18ClN3O2. The van der Waals surface area contributed by atoms with E-state index in [9.17, 15) is 4.79 Å². The minimum absolute atomic E-state index is 0.0548. The van der Waals surface area contributed by atoms with Gasteiger partial charge in [0, 0.05) is 5.02 Å². The molecule has 0 bridgehead atoms. The summed E-state index contributed by atoms with van der Waals surface area (Å²) in [5.41, 5.74) is 3.68. The first kappa shape index (κ1) is 16.3. The molecule has 24 heavy (non-hydrogen) atoms. The van der Waals surface area contributed by atoms with Crippen molar-refractivity contribution in [1.29, 1.82) is 0 Å². The van der Waals surface area contributed by atoms with E-state index < -0.39 is 0 Å². The summed E-state index contributed by atoms with van der Waals surface area (Å²) in [6, 6.07) is 11.4. The number of ether oxygens (including phenoxy) is 1. The number of imidazole rings is 1. The average molecular weight is 344 g/mol. The Labute approximate surface area is 145 Å². The first-order valence-electron chi connectivity index (χ1n) is 7.63. The quantitative estimate of drug-likeness (QED) is 0.744. The molecule has 0 atom stereocenters. The highest BCUT2D eigenvalue weighted by Gasteiger charge is 2.08.